The largest absolute Gasteiger partial charge is 0.465 e. The van der Waals surface area contributed by atoms with Crippen LogP contribution in [0.15, 0.2) is 5.16 Å². The molecule has 4 aliphatic rings. The van der Waals surface area contributed by atoms with Gasteiger partial charge in [-0.3, -0.25) is 4.79 Å². The van der Waals surface area contributed by atoms with Crippen LogP contribution in [0.25, 0.3) is 0 Å². The van der Waals surface area contributed by atoms with Crippen molar-refractivity contribution in [2.75, 3.05) is 13.2 Å². The summed E-state index contributed by atoms with van der Waals surface area (Å²) in [5.41, 5.74) is 0.635. The first-order chi connectivity index (χ1) is 10.2. The van der Waals surface area contributed by atoms with Gasteiger partial charge in [0.25, 0.3) is 0 Å². The number of rotatable bonds is 0. The first-order valence-corrected chi connectivity index (χ1v) is 7.76. The molecule has 0 spiro atoms. The Kier molecular flexibility index (Phi) is 3.27. The third kappa shape index (κ3) is 2.20. The molecular weight excluding hydrogens is 286 g/mol. The Morgan fingerprint density at radius 1 is 1.00 bits per heavy atom. The summed E-state index contributed by atoms with van der Waals surface area (Å²) in [6, 6.07) is 0. The molecule has 2 aliphatic carbocycles. The van der Waals surface area contributed by atoms with Gasteiger partial charge in [0.15, 0.2) is 5.71 Å². The molecule has 0 aromatic rings. The molecule has 0 aromatic carbocycles. The van der Waals surface area contributed by atoms with Crippen molar-refractivity contribution in [2.24, 2.45) is 39.7 Å². The number of nitrogens with zero attached hydrogens (tertiary/aromatic N) is 1. The monoisotopic (exact) mass is 309 g/mol. The smallest absolute Gasteiger partial charge is 0.356 e. The summed E-state index contributed by atoms with van der Waals surface area (Å²) >= 11 is 0. The lowest BCUT2D eigenvalue weighted by molar-refractivity contribution is -0.147. The van der Waals surface area contributed by atoms with Gasteiger partial charge in [-0.25, -0.2) is 4.79 Å². The van der Waals surface area contributed by atoms with E-state index in [0.29, 0.717) is 42.8 Å². The van der Waals surface area contributed by atoms with Gasteiger partial charge in [-0.15, -0.1) is 0 Å². The fourth-order valence-electron chi connectivity index (χ4n) is 4.08. The van der Waals surface area contributed by atoms with Crippen LogP contribution in [-0.4, -0.2) is 36.1 Å². The Morgan fingerprint density at radius 3 is 2.14 bits per heavy atom. The third-order valence-electron chi connectivity index (χ3n) is 6.15. The Balaban J connectivity index is 0.000000133. The molecule has 2 saturated heterocycles. The number of oxime groups is 1. The van der Waals surface area contributed by atoms with Crippen LogP contribution >= 0.6 is 0 Å². The maximum atomic E-state index is 11.0. The van der Waals surface area contributed by atoms with Crippen molar-refractivity contribution < 1.29 is 24.3 Å². The summed E-state index contributed by atoms with van der Waals surface area (Å²) in [5, 5.41) is 11.6. The lowest BCUT2D eigenvalue weighted by atomic mass is 10.1. The number of carbonyl (C=O) groups is 2. The number of esters is 2. The van der Waals surface area contributed by atoms with Crippen molar-refractivity contribution in [3.05, 3.63) is 0 Å². The zero-order valence-corrected chi connectivity index (χ0v) is 13.5. The molecule has 0 radical (unpaired) electrons. The Bertz CT molecular complexity index is 551. The highest BCUT2D eigenvalue weighted by Gasteiger charge is 2.65. The van der Waals surface area contributed by atoms with Gasteiger partial charge in [-0.2, -0.15) is 0 Å². The predicted octanol–water partition coefficient (Wildman–Crippen LogP) is 1.85. The van der Waals surface area contributed by atoms with E-state index in [2.05, 4.69) is 32.9 Å². The fraction of sp³-hybridized carbons (Fsp3) is 0.812. The van der Waals surface area contributed by atoms with Gasteiger partial charge in [0.2, 0.25) is 0 Å². The topological polar surface area (TPSA) is 85.2 Å². The molecule has 122 valence electrons. The van der Waals surface area contributed by atoms with E-state index in [9.17, 15) is 9.59 Å². The number of fused-ring (bicyclic) bond motifs is 2. The van der Waals surface area contributed by atoms with Crippen LogP contribution in [0.1, 0.15) is 34.1 Å². The lowest BCUT2D eigenvalue weighted by Crippen LogP contribution is -2.26. The van der Waals surface area contributed by atoms with Crippen molar-refractivity contribution in [3.63, 3.8) is 0 Å². The summed E-state index contributed by atoms with van der Waals surface area (Å²) in [5.74, 6) is 1.25. The molecule has 2 saturated carbocycles. The maximum absolute atomic E-state index is 11.0. The van der Waals surface area contributed by atoms with E-state index in [4.69, 9.17) is 14.7 Å². The number of carbonyl (C=O) groups excluding carboxylic acids is 2. The molecule has 1 N–H and O–H groups in total. The third-order valence-corrected chi connectivity index (χ3v) is 6.15. The first kappa shape index (κ1) is 15.3. The highest BCUT2D eigenvalue weighted by atomic mass is 16.5. The van der Waals surface area contributed by atoms with Crippen LogP contribution in [0.5, 0.6) is 0 Å². The van der Waals surface area contributed by atoms with Crippen molar-refractivity contribution in [3.8, 4) is 0 Å². The lowest BCUT2D eigenvalue weighted by Gasteiger charge is -2.09. The molecule has 22 heavy (non-hydrogen) atoms. The minimum Gasteiger partial charge on any atom is -0.465 e. The molecule has 4 atom stereocenters. The van der Waals surface area contributed by atoms with Crippen LogP contribution in [0, 0.1) is 34.5 Å². The van der Waals surface area contributed by atoms with E-state index in [1.807, 2.05) is 0 Å². The van der Waals surface area contributed by atoms with Gasteiger partial charge in [-0.05, 0) is 16.7 Å². The number of ether oxygens (including phenoxy) is 2. The first-order valence-electron chi connectivity index (χ1n) is 7.76. The molecule has 2 aliphatic heterocycles. The molecule has 0 aromatic heterocycles. The van der Waals surface area contributed by atoms with E-state index in [1.165, 1.54) is 0 Å². The predicted molar refractivity (Wildman–Crippen MR) is 77.3 cm³/mol. The highest BCUT2D eigenvalue weighted by molar-refractivity contribution is 6.38. The SMILES string of the molecule is CC1(C)C2COC(=O)/C(=N\O)[C@H]21.CC1(C)C2COC(=O)C[C@H]21. The molecule has 0 amide bonds. The van der Waals surface area contributed by atoms with Crippen molar-refractivity contribution in [1.29, 1.82) is 0 Å². The van der Waals surface area contributed by atoms with Crippen LogP contribution < -0.4 is 0 Å². The molecule has 6 nitrogen and oxygen atoms in total. The fourth-order valence-corrected chi connectivity index (χ4v) is 4.08. The van der Waals surface area contributed by atoms with Gasteiger partial charge in [-0.1, -0.05) is 32.9 Å². The second kappa shape index (κ2) is 4.70. The van der Waals surface area contributed by atoms with Crippen molar-refractivity contribution >= 4 is 17.7 Å². The quantitative estimate of drug-likeness (QED) is 0.419. The van der Waals surface area contributed by atoms with Gasteiger partial charge in [0.05, 0.1) is 13.2 Å². The van der Waals surface area contributed by atoms with Crippen LogP contribution in [-0.2, 0) is 19.1 Å². The molecule has 6 heteroatoms. The summed E-state index contributed by atoms with van der Waals surface area (Å²) in [6.45, 7) is 9.66. The molecule has 0 bridgehead atoms. The van der Waals surface area contributed by atoms with E-state index < -0.39 is 5.97 Å². The summed E-state index contributed by atoms with van der Waals surface area (Å²) in [7, 11) is 0. The molecule has 4 rings (SSSR count). The van der Waals surface area contributed by atoms with Gasteiger partial charge in [0, 0.05) is 24.2 Å². The minimum atomic E-state index is -0.468. The number of hydrogen-bond acceptors (Lipinski definition) is 6. The normalized spacial score (nSPS) is 41.2. The second-order valence-corrected chi connectivity index (χ2v) is 7.91. The van der Waals surface area contributed by atoms with Crippen LogP contribution in [0.3, 0.4) is 0 Å². The zero-order valence-electron chi connectivity index (χ0n) is 13.5. The number of cyclic esters (lactones) is 2. The van der Waals surface area contributed by atoms with Crippen molar-refractivity contribution in [1.82, 2.24) is 0 Å². The molecule has 4 fully saturated rings. The van der Waals surface area contributed by atoms with Crippen LogP contribution in [0.4, 0.5) is 0 Å². The Labute approximate surface area is 129 Å². The summed E-state index contributed by atoms with van der Waals surface area (Å²) in [6.07, 6.45) is 0.650. The maximum Gasteiger partial charge on any atom is 0.356 e. The highest BCUT2D eigenvalue weighted by Crippen LogP contribution is 2.61. The van der Waals surface area contributed by atoms with Gasteiger partial charge in [0.1, 0.15) is 0 Å². The Hall–Kier alpha value is -1.59. The number of hydrogen-bond donors (Lipinski definition) is 1. The van der Waals surface area contributed by atoms with E-state index >= 15 is 0 Å². The summed E-state index contributed by atoms with van der Waals surface area (Å²) in [4.78, 5) is 21.8. The van der Waals surface area contributed by atoms with Crippen molar-refractivity contribution in [2.45, 2.75) is 34.1 Å². The van der Waals surface area contributed by atoms with Gasteiger partial charge >= 0.3 is 11.9 Å². The molecule has 2 heterocycles. The Morgan fingerprint density at radius 2 is 1.64 bits per heavy atom. The summed E-state index contributed by atoms with van der Waals surface area (Å²) < 4.78 is 9.77. The van der Waals surface area contributed by atoms with Crippen LogP contribution in [0.2, 0.25) is 0 Å². The average Bonchev–Trinajstić information content (AvgIpc) is 3.21. The second-order valence-electron chi connectivity index (χ2n) is 7.91. The molecular formula is C16H23NO5. The zero-order chi connectivity index (χ0) is 16.3. The molecule has 2 unspecified atom stereocenters. The van der Waals surface area contributed by atoms with Gasteiger partial charge < -0.3 is 14.7 Å². The van der Waals surface area contributed by atoms with E-state index in [1.54, 1.807) is 0 Å². The minimum absolute atomic E-state index is 0.00757. The van der Waals surface area contributed by atoms with E-state index in [-0.39, 0.29) is 23.0 Å². The standard InChI is InChI=1S/C8H11NO3.C8H12O2/c1-8(2)4-3-12-7(10)6(9-11)5(4)8;1-8(2)5-3-7(9)10-4-6(5)8/h4-5,11H,3H2,1-2H3;5-6H,3-4H2,1-2H3/b9-6-;/t4?,5-;5-,6?/m01/s1. The van der Waals surface area contributed by atoms with E-state index in [0.717, 1.165) is 0 Å². The average molecular weight is 309 g/mol.